The second kappa shape index (κ2) is 9.22. The zero-order valence-electron chi connectivity index (χ0n) is 14.6. The summed E-state index contributed by atoms with van der Waals surface area (Å²) in [6.45, 7) is 3.47. The molecule has 7 heteroatoms. The largest absolute Gasteiger partial charge is 0.479 e. The molecule has 2 aromatic carbocycles. The van der Waals surface area contributed by atoms with Gasteiger partial charge in [-0.15, -0.1) is 0 Å². The fraction of sp³-hybridized carbons (Fsp3) is 0.211. The van der Waals surface area contributed by atoms with Crippen LogP contribution in [0.5, 0.6) is 5.75 Å². The molecule has 0 aliphatic rings. The molecule has 0 aromatic heterocycles. The Kier molecular flexibility index (Phi) is 6.73. The van der Waals surface area contributed by atoms with Gasteiger partial charge in [0.05, 0.1) is 6.21 Å². The number of urea groups is 1. The van der Waals surface area contributed by atoms with Crippen molar-refractivity contribution in [1.29, 1.82) is 0 Å². The standard InChI is InChI=1S/C19H21N3O4/c1-3-15-6-4-5-7-17(15)21-19(25)22-20-12-14-8-10-16(11-9-14)26-13(2)18(23)24/h4-13H,3H2,1-2H3,(H,23,24)(H2,21,22,25)/b20-12+/t13-/m0/s1. The van der Waals surface area contributed by atoms with Crippen LogP contribution in [0.1, 0.15) is 25.0 Å². The molecule has 2 rings (SSSR count). The van der Waals surface area contributed by atoms with Crippen LogP contribution in [0.4, 0.5) is 10.5 Å². The molecule has 0 aliphatic heterocycles. The van der Waals surface area contributed by atoms with E-state index in [2.05, 4.69) is 15.8 Å². The highest BCUT2D eigenvalue weighted by Crippen LogP contribution is 2.15. The van der Waals surface area contributed by atoms with E-state index in [0.29, 0.717) is 5.75 Å². The lowest BCUT2D eigenvalue weighted by molar-refractivity contribution is -0.144. The number of hydrogen-bond acceptors (Lipinski definition) is 4. The van der Waals surface area contributed by atoms with Crippen LogP contribution in [0.25, 0.3) is 0 Å². The number of para-hydroxylation sites is 1. The summed E-state index contributed by atoms with van der Waals surface area (Å²) in [7, 11) is 0. The topological polar surface area (TPSA) is 100 Å². The first kappa shape index (κ1) is 19.0. The van der Waals surface area contributed by atoms with Crippen molar-refractivity contribution in [2.24, 2.45) is 5.10 Å². The number of hydrazone groups is 1. The van der Waals surface area contributed by atoms with Gasteiger partial charge in [-0.1, -0.05) is 25.1 Å². The summed E-state index contributed by atoms with van der Waals surface area (Å²) in [5.41, 5.74) is 4.92. The molecule has 0 bridgehead atoms. The Morgan fingerprint density at radius 2 is 1.88 bits per heavy atom. The summed E-state index contributed by atoms with van der Waals surface area (Å²) < 4.78 is 5.24. The predicted octanol–water partition coefficient (Wildman–Crippen LogP) is 3.26. The number of nitrogens with zero attached hydrogens (tertiary/aromatic N) is 1. The van der Waals surface area contributed by atoms with Crippen molar-refractivity contribution in [2.75, 3.05) is 5.32 Å². The van der Waals surface area contributed by atoms with Gasteiger partial charge in [-0.05, 0) is 54.8 Å². The molecule has 0 fully saturated rings. The summed E-state index contributed by atoms with van der Waals surface area (Å²) in [4.78, 5) is 22.7. The monoisotopic (exact) mass is 355 g/mol. The number of ether oxygens (including phenoxy) is 1. The summed E-state index contributed by atoms with van der Waals surface area (Å²) in [6, 6.07) is 13.8. The Bertz CT molecular complexity index is 788. The maximum atomic E-state index is 11.9. The van der Waals surface area contributed by atoms with Crippen LogP contribution in [0.15, 0.2) is 53.6 Å². The highest BCUT2D eigenvalue weighted by molar-refractivity contribution is 5.91. The molecule has 0 spiro atoms. The predicted molar refractivity (Wildman–Crippen MR) is 99.7 cm³/mol. The van der Waals surface area contributed by atoms with Crippen LogP contribution in [0.3, 0.4) is 0 Å². The van der Waals surface area contributed by atoms with Crippen LogP contribution in [-0.4, -0.2) is 29.4 Å². The Morgan fingerprint density at radius 1 is 1.19 bits per heavy atom. The minimum Gasteiger partial charge on any atom is -0.479 e. The first-order valence-corrected chi connectivity index (χ1v) is 8.17. The fourth-order valence-electron chi connectivity index (χ4n) is 2.15. The molecule has 136 valence electrons. The number of hydrogen-bond donors (Lipinski definition) is 3. The van der Waals surface area contributed by atoms with Gasteiger partial charge in [0.15, 0.2) is 6.10 Å². The van der Waals surface area contributed by atoms with Crippen LogP contribution in [0.2, 0.25) is 0 Å². The van der Waals surface area contributed by atoms with E-state index in [9.17, 15) is 9.59 Å². The second-order valence-corrected chi connectivity index (χ2v) is 5.50. The Balaban J connectivity index is 1.87. The van der Waals surface area contributed by atoms with Crippen LogP contribution >= 0.6 is 0 Å². The first-order valence-electron chi connectivity index (χ1n) is 8.17. The van der Waals surface area contributed by atoms with Gasteiger partial charge in [-0.3, -0.25) is 0 Å². The summed E-state index contributed by atoms with van der Waals surface area (Å²) >= 11 is 0. The second-order valence-electron chi connectivity index (χ2n) is 5.50. The third kappa shape index (κ3) is 5.62. The molecule has 0 aliphatic carbocycles. The van der Waals surface area contributed by atoms with Crippen molar-refractivity contribution in [2.45, 2.75) is 26.4 Å². The van der Waals surface area contributed by atoms with Gasteiger partial charge < -0.3 is 15.2 Å². The molecule has 0 unspecified atom stereocenters. The highest BCUT2D eigenvalue weighted by atomic mass is 16.5. The molecule has 0 saturated carbocycles. The zero-order valence-corrected chi connectivity index (χ0v) is 14.6. The average molecular weight is 355 g/mol. The van der Waals surface area contributed by atoms with Crippen LogP contribution < -0.4 is 15.5 Å². The van der Waals surface area contributed by atoms with E-state index in [1.807, 2.05) is 31.2 Å². The van der Waals surface area contributed by atoms with Crippen molar-refractivity contribution in [3.8, 4) is 5.75 Å². The Labute approximate surface area is 151 Å². The number of amides is 2. The number of carbonyl (C=O) groups excluding carboxylic acids is 1. The van der Waals surface area contributed by atoms with Crippen molar-refractivity contribution >= 4 is 23.9 Å². The van der Waals surface area contributed by atoms with Gasteiger partial charge in [0.2, 0.25) is 0 Å². The van der Waals surface area contributed by atoms with E-state index < -0.39 is 18.1 Å². The molecular formula is C19H21N3O4. The van der Waals surface area contributed by atoms with Gasteiger partial charge in [0.25, 0.3) is 0 Å². The van der Waals surface area contributed by atoms with Gasteiger partial charge in [-0.2, -0.15) is 5.10 Å². The number of anilines is 1. The maximum absolute atomic E-state index is 11.9. The number of carboxylic acids is 1. The maximum Gasteiger partial charge on any atom is 0.344 e. The minimum atomic E-state index is -1.03. The molecule has 7 nitrogen and oxygen atoms in total. The lowest BCUT2D eigenvalue weighted by Crippen LogP contribution is -2.24. The SMILES string of the molecule is CCc1ccccc1NC(=O)N/N=C/c1ccc(O[C@@H](C)C(=O)O)cc1. The lowest BCUT2D eigenvalue weighted by Gasteiger charge is -2.10. The van der Waals surface area contributed by atoms with E-state index in [1.54, 1.807) is 24.3 Å². The van der Waals surface area contributed by atoms with Crippen molar-refractivity contribution < 1.29 is 19.4 Å². The van der Waals surface area contributed by atoms with E-state index in [1.165, 1.54) is 13.1 Å². The Morgan fingerprint density at radius 3 is 2.54 bits per heavy atom. The third-order valence-electron chi connectivity index (χ3n) is 3.57. The minimum absolute atomic E-state index is 0.433. The quantitative estimate of drug-likeness (QED) is 0.524. The molecule has 2 aromatic rings. The van der Waals surface area contributed by atoms with Crippen molar-refractivity contribution in [1.82, 2.24) is 5.43 Å². The fourth-order valence-corrected chi connectivity index (χ4v) is 2.15. The number of nitrogens with one attached hydrogen (secondary N) is 2. The molecule has 2 amide bonds. The van der Waals surface area contributed by atoms with E-state index >= 15 is 0 Å². The molecule has 1 atom stereocenters. The van der Waals surface area contributed by atoms with Gasteiger partial charge in [-0.25, -0.2) is 15.0 Å². The number of carbonyl (C=O) groups is 2. The van der Waals surface area contributed by atoms with Crippen LogP contribution in [0, 0.1) is 0 Å². The molecule has 0 heterocycles. The lowest BCUT2D eigenvalue weighted by atomic mass is 10.1. The number of benzene rings is 2. The first-order chi connectivity index (χ1) is 12.5. The van der Waals surface area contributed by atoms with Crippen molar-refractivity contribution in [3.63, 3.8) is 0 Å². The van der Waals surface area contributed by atoms with E-state index in [-0.39, 0.29) is 0 Å². The number of rotatable bonds is 7. The smallest absolute Gasteiger partial charge is 0.344 e. The Hall–Kier alpha value is -3.35. The van der Waals surface area contributed by atoms with Gasteiger partial charge in [0.1, 0.15) is 5.75 Å². The molecule has 0 radical (unpaired) electrons. The summed E-state index contributed by atoms with van der Waals surface area (Å²) in [6.07, 6.45) is 1.37. The molecule has 0 saturated heterocycles. The zero-order chi connectivity index (χ0) is 18.9. The third-order valence-corrected chi connectivity index (χ3v) is 3.57. The molecule has 26 heavy (non-hydrogen) atoms. The average Bonchev–Trinajstić information content (AvgIpc) is 2.63. The number of carboxylic acid groups (broad SMARTS) is 1. The summed E-state index contributed by atoms with van der Waals surface area (Å²) in [5.74, 6) is -0.588. The van der Waals surface area contributed by atoms with E-state index in [0.717, 1.165) is 23.2 Å². The number of aryl methyl sites for hydroxylation is 1. The van der Waals surface area contributed by atoms with E-state index in [4.69, 9.17) is 9.84 Å². The molecular weight excluding hydrogens is 334 g/mol. The van der Waals surface area contributed by atoms with Crippen LogP contribution in [-0.2, 0) is 11.2 Å². The highest BCUT2D eigenvalue weighted by Gasteiger charge is 2.11. The van der Waals surface area contributed by atoms with Gasteiger partial charge in [0, 0.05) is 5.69 Å². The van der Waals surface area contributed by atoms with Gasteiger partial charge >= 0.3 is 12.0 Å². The normalized spacial score (nSPS) is 11.8. The molecule has 3 N–H and O–H groups in total. The number of aliphatic carboxylic acids is 1. The summed E-state index contributed by atoms with van der Waals surface area (Å²) in [5, 5.41) is 15.5. The van der Waals surface area contributed by atoms with Crippen molar-refractivity contribution in [3.05, 3.63) is 59.7 Å².